The largest absolute Gasteiger partial charge is 0.395 e. The van der Waals surface area contributed by atoms with Crippen molar-refractivity contribution in [3.05, 3.63) is 0 Å². The van der Waals surface area contributed by atoms with Gasteiger partial charge in [0.1, 0.15) is 6.10 Å². The molecule has 0 aromatic heterocycles. The lowest BCUT2D eigenvalue weighted by Gasteiger charge is -2.09. The summed E-state index contributed by atoms with van der Waals surface area (Å²) in [5, 5.41) is 18.2. The van der Waals surface area contributed by atoms with Gasteiger partial charge in [-0.05, 0) is 6.42 Å². The minimum Gasteiger partial charge on any atom is -0.395 e. The fourth-order valence-corrected chi connectivity index (χ4v) is 2.26. The van der Waals surface area contributed by atoms with E-state index in [0.717, 1.165) is 12.8 Å². The third kappa shape index (κ3) is 14.2. The summed E-state index contributed by atoms with van der Waals surface area (Å²) in [6.07, 6.45) is 14.5. The van der Waals surface area contributed by atoms with Crippen LogP contribution in [0.5, 0.6) is 0 Å². The van der Waals surface area contributed by atoms with Gasteiger partial charge in [-0.1, -0.05) is 77.1 Å². The fraction of sp³-hybridized carbons (Fsp3) is 0.889. The van der Waals surface area contributed by atoms with Crippen LogP contribution in [0, 0.1) is 11.8 Å². The van der Waals surface area contributed by atoms with Crippen LogP contribution in [0.3, 0.4) is 0 Å². The molecule has 0 spiro atoms. The molecular weight excluding hydrogens is 262 g/mol. The predicted molar refractivity (Wildman–Crippen MR) is 89.9 cm³/mol. The molecule has 0 aromatic carbocycles. The Balaban J connectivity index is 3.24. The van der Waals surface area contributed by atoms with Crippen molar-refractivity contribution in [3.8, 4) is 11.8 Å². The van der Waals surface area contributed by atoms with E-state index in [1.54, 1.807) is 0 Å². The number of hydrogen-bond acceptors (Lipinski definition) is 3. The monoisotopic (exact) mass is 297 g/mol. The Morgan fingerprint density at radius 1 is 0.857 bits per heavy atom. The number of unbranched alkanes of at least 4 members (excludes halogenated alkanes) is 11. The Kier molecular flexibility index (Phi) is 15.4. The van der Waals surface area contributed by atoms with Crippen molar-refractivity contribution in [1.29, 1.82) is 0 Å². The van der Waals surface area contributed by atoms with Crippen LogP contribution in [-0.4, -0.2) is 29.0 Å². The van der Waals surface area contributed by atoms with E-state index in [2.05, 4.69) is 18.8 Å². The van der Waals surface area contributed by atoms with Crippen molar-refractivity contribution in [2.75, 3.05) is 6.61 Å². The molecule has 4 N–H and O–H groups in total. The molecule has 0 saturated carbocycles. The molecule has 3 nitrogen and oxygen atoms in total. The normalized spacial score (nSPS) is 13.5. The van der Waals surface area contributed by atoms with Gasteiger partial charge in [0.15, 0.2) is 0 Å². The Morgan fingerprint density at radius 2 is 1.33 bits per heavy atom. The van der Waals surface area contributed by atoms with Crippen LogP contribution in [0.2, 0.25) is 0 Å². The van der Waals surface area contributed by atoms with Crippen molar-refractivity contribution in [1.82, 2.24) is 0 Å². The van der Waals surface area contributed by atoms with E-state index >= 15 is 0 Å². The molecule has 0 aromatic rings. The molecule has 21 heavy (non-hydrogen) atoms. The minimum absolute atomic E-state index is 0.228. The average Bonchev–Trinajstić information content (AvgIpc) is 2.50. The molecule has 3 heteroatoms. The maximum Gasteiger partial charge on any atom is 0.131 e. The highest BCUT2D eigenvalue weighted by Crippen LogP contribution is 2.11. The Hall–Kier alpha value is -0.560. The van der Waals surface area contributed by atoms with Gasteiger partial charge in [-0.3, -0.25) is 0 Å². The SMILES string of the molecule is CCCCCCCCCCCCCC#C[C@H](O)[C@H](N)CO. The van der Waals surface area contributed by atoms with Gasteiger partial charge in [-0.25, -0.2) is 0 Å². The Bertz CT molecular complexity index is 270. The zero-order valence-corrected chi connectivity index (χ0v) is 13.8. The second-order valence-corrected chi connectivity index (χ2v) is 5.90. The summed E-state index contributed by atoms with van der Waals surface area (Å²) < 4.78 is 0. The Morgan fingerprint density at radius 3 is 1.81 bits per heavy atom. The molecule has 0 bridgehead atoms. The molecule has 0 amide bonds. The quantitative estimate of drug-likeness (QED) is 0.361. The number of aliphatic hydroxyl groups is 2. The van der Waals surface area contributed by atoms with Gasteiger partial charge in [0, 0.05) is 6.42 Å². The van der Waals surface area contributed by atoms with Crippen LogP contribution >= 0.6 is 0 Å². The molecule has 2 atom stereocenters. The number of rotatable bonds is 13. The Labute approximate surface area is 131 Å². The summed E-state index contributed by atoms with van der Waals surface area (Å²) in [6.45, 7) is 2.03. The fourth-order valence-electron chi connectivity index (χ4n) is 2.26. The molecule has 0 rings (SSSR count). The van der Waals surface area contributed by atoms with E-state index in [1.165, 1.54) is 64.2 Å². The lowest BCUT2D eigenvalue weighted by Crippen LogP contribution is -2.36. The smallest absolute Gasteiger partial charge is 0.131 e. The maximum atomic E-state index is 9.44. The van der Waals surface area contributed by atoms with Crippen LogP contribution in [0.4, 0.5) is 0 Å². The molecule has 0 heterocycles. The van der Waals surface area contributed by atoms with Gasteiger partial charge in [-0.15, -0.1) is 5.92 Å². The summed E-state index contributed by atoms with van der Waals surface area (Å²) in [5.74, 6) is 5.63. The van der Waals surface area contributed by atoms with E-state index < -0.39 is 12.1 Å². The lowest BCUT2D eigenvalue weighted by molar-refractivity contribution is 0.150. The van der Waals surface area contributed by atoms with Crippen LogP contribution in [0.15, 0.2) is 0 Å². The summed E-state index contributed by atoms with van der Waals surface area (Å²) in [6, 6.07) is -0.644. The maximum absolute atomic E-state index is 9.44. The highest BCUT2D eigenvalue weighted by molar-refractivity contribution is 5.07. The highest BCUT2D eigenvalue weighted by atomic mass is 16.3. The molecule has 0 aliphatic rings. The van der Waals surface area contributed by atoms with E-state index in [0.29, 0.717) is 0 Å². The molecule has 0 radical (unpaired) electrons. The van der Waals surface area contributed by atoms with E-state index in [-0.39, 0.29) is 6.61 Å². The van der Waals surface area contributed by atoms with Crippen molar-refractivity contribution >= 4 is 0 Å². The third-order valence-corrected chi connectivity index (χ3v) is 3.77. The third-order valence-electron chi connectivity index (χ3n) is 3.77. The zero-order valence-electron chi connectivity index (χ0n) is 13.8. The molecule has 124 valence electrons. The van der Waals surface area contributed by atoms with Crippen molar-refractivity contribution < 1.29 is 10.2 Å². The number of hydrogen-bond donors (Lipinski definition) is 3. The lowest BCUT2D eigenvalue weighted by atomic mass is 10.1. The highest BCUT2D eigenvalue weighted by Gasteiger charge is 2.09. The summed E-state index contributed by atoms with van der Waals surface area (Å²) in [4.78, 5) is 0. The second-order valence-electron chi connectivity index (χ2n) is 5.90. The van der Waals surface area contributed by atoms with Crippen molar-refractivity contribution in [3.63, 3.8) is 0 Å². The predicted octanol–water partition coefficient (Wildman–Crippen LogP) is 3.37. The minimum atomic E-state index is -0.900. The second kappa shape index (κ2) is 15.8. The van der Waals surface area contributed by atoms with Crippen molar-refractivity contribution in [2.45, 2.75) is 96.1 Å². The van der Waals surface area contributed by atoms with Gasteiger partial charge < -0.3 is 15.9 Å². The molecule has 0 unspecified atom stereocenters. The van der Waals surface area contributed by atoms with Crippen LogP contribution in [-0.2, 0) is 0 Å². The molecule has 0 saturated heterocycles. The molecule has 0 aliphatic carbocycles. The summed E-state index contributed by atoms with van der Waals surface area (Å²) in [5.41, 5.74) is 5.46. The summed E-state index contributed by atoms with van der Waals surface area (Å²) >= 11 is 0. The van der Waals surface area contributed by atoms with Crippen molar-refractivity contribution in [2.24, 2.45) is 5.73 Å². The average molecular weight is 297 g/mol. The first-order chi connectivity index (χ1) is 10.2. The zero-order chi connectivity index (χ0) is 15.8. The topological polar surface area (TPSA) is 66.5 Å². The van der Waals surface area contributed by atoms with Gasteiger partial charge in [-0.2, -0.15) is 0 Å². The van der Waals surface area contributed by atoms with Gasteiger partial charge in [0.2, 0.25) is 0 Å². The van der Waals surface area contributed by atoms with E-state index in [4.69, 9.17) is 10.8 Å². The first-order valence-corrected chi connectivity index (χ1v) is 8.75. The van der Waals surface area contributed by atoms with Gasteiger partial charge in [0.25, 0.3) is 0 Å². The molecular formula is C18H35NO2. The molecule has 0 fully saturated rings. The van der Waals surface area contributed by atoms with Crippen LogP contribution in [0.1, 0.15) is 84.0 Å². The summed E-state index contributed by atoms with van der Waals surface area (Å²) in [7, 11) is 0. The van der Waals surface area contributed by atoms with Crippen LogP contribution in [0.25, 0.3) is 0 Å². The van der Waals surface area contributed by atoms with Crippen LogP contribution < -0.4 is 5.73 Å². The standard InChI is InChI=1S/C18H35NO2/c1-2-3-4-5-6-7-8-9-10-11-12-13-14-15-18(21)17(19)16-20/h17-18,20-21H,2-13,16,19H2,1H3/t17-,18+/m1/s1. The molecule has 0 aliphatic heterocycles. The number of nitrogens with two attached hydrogens (primary N) is 1. The number of aliphatic hydroxyl groups excluding tert-OH is 2. The van der Waals surface area contributed by atoms with E-state index in [9.17, 15) is 5.11 Å². The van der Waals surface area contributed by atoms with E-state index in [1.807, 2.05) is 0 Å². The van der Waals surface area contributed by atoms with Gasteiger partial charge >= 0.3 is 0 Å². The first-order valence-electron chi connectivity index (χ1n) is 8.75. The first kappa shape index (κ1) is 20.4. The van der Waals surface area contributed by atoms with Gasteiger partial charge in [0.05, 0.1) is 12.6 Å².